The lowest BCUT2D eigenvalue weighted by molar-refractivity contribution is 0.246. The second-order valence-corrected chi connectivity index (χ2v) is 8.59. The molecule has 3 rings (SSSR count). The van der Waals surface area contributed by atoms with Crippen LogP contribution in [0, 0.1) is 5.92 Å². The Morgan fingerprint density at radius 1 is 1.04 bits per heavy atom. The van der Waals surface area contributed by atoms with Crippen LogP contribution in [0.25, 0.3) is 0 Å². The fourth-order valence-electron chi connectivity index (χ4n) is 3.27. The molecule has 0 N–H and O–H groups in total. The summed E-state index contributed by atoms with van der Waals surface area (Å²) in [5, 5.41) is 0. The Kier molecular flexibility index (Phi) is 4.82. The molecule has 0 saturated heterocycles. The number of benzene rings is 1. The highest BCUT2D eigenvalue weighted by Crippen LogP contribution is 2.34. The summed E-state index contributed by atoms with van der Waals surface area (Å²) in [6, 6.07) is 5.00. The molecule has 1 aromatic carbocycles. The van der Waals surface area contributed by atoms with E-state index in [4.69, 9.17) is 9.47 Å². The van der Waals surface area contributed by atoms with Gasteiger partial charge in [0.05, 0.1) is 18.1 Å². The van der Waals surface area contributed by atoms with Gasteiger partial charge in [-0.05, 0) is 43.7 Å². The first-order valence-electron chi connectivity index (χ1n) is 8.36. The van der Waals surface area contributed by atoms with E-state index >= 15 is 0 Å². The lowest BCUT2D eigenvalue weighted by Gasteiger charge is -2.32. The SMILES string of the molecule is CC1CCC(N(C)S(=O)(=O)c2ccc3c(c2)OCCCO3)CC1. The van der Waals surface area contributed by atoms with Crippen LogP contribution in [0.4, 0.5) is 0 Å². The lowest BCUT2D eigenvalue weighted by Crippen LogP contribution is -2.39. The second kappa shape index (κ2) is 6.69. The van der Waals surface area contributed by atoms with Crippen LogP contribution < -0.4 is 9.47 Å². The zero-order valence-corrected chi connectivity index (χ0v) is 14.6. The van der Waals surface area contributed by atoms with Gasteiger partial charge in [-0.1, -0.05) is 6.92 Å². The van der Waals surface area contributed by atoms with E-state index in [9.17, 15) is 8.42 Å². The van der Waals surface area contributed by atoms with Crippen LogP contribution in [-0.4, -0.2) is 39.0 Å². The van der Waals surface area contributed by atoms with Crippen molar-refractivity contribution in [2.45, 2.75) is 50.0 Å². The molecule has 6 heteroatoms. The van der Waals surface area contributed by atoms with Gasteiger partial charge in [0.2, 0.25) is 10.0 Å². The standard InChI is InChI=1S/C17H25NO4S/c1-13-4-6-14(7-5-13)18(2)23(19,20)15-8-9-16-17(12-15)22-11-3-10-21-16/h8-9,12-14H,3-7,10-11H2,1-2H3. The van der Waals surface area contributed by atoms with Crippen molar-refractivity contribution < 1.29 is 17.9 Å². The Hall–Kier alpha value is -1.27. The van der Waals surface area contributed by atoms with Crippen LogP contribution in [0.1, 0.15) is 39.0 Å². The molecular weight excluding hydrogens is 314 g/mol. The van der Waals surface area contributed by atoms with E-state index < -0.39 is 10.0 Å². The Bertz CT molecular complexity index is 651. The van der Waals surface area contributed by atoms with Crippen molar-refractivity contribution in [3.8, 4) is 11.5 Å². The smallest absolute Gasteiger partial charge is 0.243 e. The molecule has 0 atom stereocenters. The molecular formula is C17H25NO4S. The average Bonchev–Trinajstić information content (AvgIpc) is 2.79. The van der Waals surface area contributed by atoms with Crippen LogP contribution in [0.15, 0.2) is 23.1 Å². The van der Waals surface area contributed by atoms with Crippen molar-refractivity contribution in [3.05, 3.63) is 18.2 Å². The van der Waals surface area contributed by atoms with Crippen LogP contribution in [0.2, 0.25) is 0 Å². The summed E-state index contributed by atoms with van der Waals surface area (Å²) in [5.74, 6) is 1.84. The van der Waals surface area contributed by atoms with Gasteiger partial charge in [0.25, 0.3) is 0 Å². The highest BCUT2D eigenvalue weighted by atomic mass is 32.2. The van der Waals surface area contributed by atoms with Gasteiger partial charge in [-0.3, -0.25) is 0 Å². The van der Waals surface area contributed by atoms with Crippen molar-refractivity contribution in [1.82, 2.24) is 4.31 Å². The Morgan fingerprint density at radius 2 is 1.70 bits per heavy atom. The number of nitrogens with zero attached hydrogens (tertiary/aromatic N) is 1. The number of fused-ring (bicyclic) bond motifs is 1. The highest BCUT2D eigenvalue weighted by Gasteiger charge is 2.31. The van der Waals surface area contributed by atoms with E-state index in [1.165, 1.54) is 4.31 Å². The van der Waals surface area contributed by atoms with E-state index in [0.29, 0.717) is 30.6 Å². The molecule has 1 heterocycles. The van der Waals surface area contributed by atoms with Gasteiger partial charge in [0.1, 0.15) is 0 Å². The van der Waals surface area contributed by atoms with E-state index in [0.717, 1.165) is 32.1 Å². The maximum Gasteiger partial charge on any atom is 0.243 e. The fourth-order valence-corrected chi connectivity index (χ4v) is 4.70. The van der Waals surface area contributed by atoms with Gasteiger partial charge in [-0.15, -0.1) is 0 Å². The van der Waals surface area contributed by atoms with Crippen LogP contribution in [-0.2, 0) is 10.0 Å². The summed E-state index contributed by atoms with van der Waals surface area (Å²) in [7, 11) is -1.81. The predicted molar refractivity (Wildman–Crippen MR) is 88.4 cm³/mol. The molecule has 1 saturated carbocycles. The summed E-state index contributed by atoms with van der Waals surface area (Å²) in [5.41, 5.74) is 0. The number of hydrogen-bond donors (Lipinski definition) is 0. The normalized spacial score (nSPS) is 25.2. The van der Waals surface area contributed by atoms with Gasteiger partial charge in [-0.25, -0.2) is 8.42 Å². The molecule has 128 valence electrons. The number of rotatable bonds is 3. The summed E-state index contributed by atoms with van der Waals surface area (Å²) >= 11 is 0. The maximum absolute atomic E-state index is 12.9. The van der Waals surface area contributed by atoms with Crippen LogP contribution in [0.5, 0.6) is 11.5 Å². The minimum atomic E-state index is -3.50. The molecule has 5 nitrogen and oxygen atoms in total. The second-order valence-electron chi connectivity index (χ2n) is 6.59. The van der Waals surface area contributed by atoms with Crippen molar-refractivity contribution in [2.75, 3.05) is 20.3 Å². The molecule has 0 amide bonds. The van der Waals surface area contributed by atoms with E-state index in [-0.39, 0.29) is 10.9 Å². The largest absolute Gasteiger partial charge is 0.490 e. The number of sulfonamides is 1. The number of hydrogen-bond acceptors (Lipinski definition) is 4. The fraction of sp³-hybridized carbons (Fsp3) is 0.647. The van der Waals surface area contributed by atoms with Crippen LogP contribution in [0.3, 0.4) is 0 Å². The molecule has 0 spiro atoms. The molecule has 1 fully saturated rings. The van der Waals surface area contributed by atoms with Crippen molar-refractivity contribution in [3.63, 3.8) is 0 Å². The van der Waals surface area contributed by atoms with Crippen LogP contribution >= 0.6 is 0 Å². The van der Waals surface area contributed by atoms with Gasteiger partial charge in [0, 0.05) is 25.6 Å². The third-order valence-electron chi connectivity index (χ3n) is 4.90. The molecule has 1 aliphatic carbocycles. The summed E-state index contributed by atoms with van der Waals surface area (Å²) < 4.78 is 38.6. The van der Waals surface area contributed by atoms with Gasteiger partial charge in [0.15, 0.2) is 11.5 Å². The highest BCUT2D eigenvalue weighted by molar-refractivity contribution is 7.89. The molecule has 0 aromatic heterocycles. The van der Waals surface area contributed by atoms with Gasteiger partial charge < -0.3 is 9.47 Å². The predicted octanol–water partition coefficient (Wildman–Crippen LogP) is 3.05. The van der Waals surface area contributed by atoms with Gasteiger partial charge in [-0.2, -0.15) is 4.31 Å². The Labute approximate surface area is 138 Å². The number of ether oxygens (including phenoxy) is 2. The molecule has 23 heavy (non-hydrogen) atoms. The minimum absolute atomic E-state index is 0.0900. The van der Waals surface area contributed by atoms with Crippen molar-refractivity contribution >= 4 is 10.0 Å². The molecule has 1 aromatic rings. The van der Waals surface area contributed by atoms with E-state index in [1.807, 2.05) is 0 Å². The molecule has 0 bridgehead atoms. The summed E-state index contributed by atoms with van der Waals surface area (Å²) in [4.78, 5) is 0.280. The summed E-state index contributed by atoms with van der Waals surface area (Å²) in [6.45, 7) is 3.38. The van der Waals surface area contributed by atoms with Crippen molar-refractivity contribution in [1.29, 1.82) is 0 Å². The maximum atomic E-state index is 12.9. The summed E-state index contributed by atoms with van der Waals surface area (Å²) in [6.07, 6.45) is 4.84. The van der Waals surface area contributed by atoms with E-state index in [1.54, 1.807) is 25.2 Å². The van der Waals surface area contributed by atoms with Gasteiger partial charge >= 0.3 is 0 Å². The molecule has 2 aliphatic rings. The van der Waals surface area contributed by atoms with Crippen molar-refractivity contribution in [2.24, 2.45) is 5.92 Å². The monoisotopic (exact) mass is 339 g/mol. The zero-order valence-electron chi connectivity index (χ0n) is 13.8. The zero-order chi connectivity index (χ0) is 16.4. The van der Waals surface area contributed by atoms with E-state index in [2.05, 4.69) is 6.92 Å². The molecule has 1 aliphatic heterocycles. The lowest BCUT2D eigenvalue weighted by atomic mass is 9.87. The molecule has 0 radical (unpaired) electrons. The Balaban J connectivity index is 1.83. The first kappa shape index (κ1) is 16.6. The third kappa shape index (κ3) is 3.48. The average molecular weight is 339 g/mol. The topological polar surface area (TPSA) is 55.8 Å². The minimum Gasteiger partial charge on any atom is -0.490 e. The quantitative estimate of drug-likeness (QED) is 0.849. The first-order valence-corrected chi connectivity index (χ1v) is 9.80. The Morgan fingerprint density at radius 3 is 2.39 bits per heavy atom. The first-order chi connectivity index (χ1) is 11.0. The molecule has 0 unspecified atom stereocenters. The third-order valence-corrected chi connectivity index (χ3v) is 6.80.